The fourth-order valence-electron chi connectivity index (χ4n) is 10.9. The van der Waals surface area contributed by atoms with Crippen molar-refractivity contribution in [2.75, 3.05) is 14.2 Å². The molecule has 4 rings (SSSR count). The number of azide groups is 1. The zero-order valence-electron chi connectivity index (χ0n) is 45.0. The Bertz CT molecular complexity index is 2370. The summed E-state index contributed by atoms with van der Waals surface area (Å²) in [5, 5.41) is 16.6. The molecular weight excluding hydrogens is 964 g/mol. The van der Waals surface area contributed by atoms with Crippen LogP contribution in [0.3, 0.4) is 0 Å². The number of aliphatic hydroxyl groups is 1. The first kappa shape index (κ1) is 77.7. The fraction of sp³-hybridized carbons (Fsp3) is 0.0909. The lowest BCUT2D eigenvalue weighted by atomic mass is 8.25. The number of fused-ring (bicyclic) bond motifs is 2. The molecule has 4 aromatic rings. The standard InChI is InChI=1S/C12H9N3O2S.C9H6OS.CH4O.B49/c1-17-12(16)10(14-15-13)7-9-4-2-3-8-5-6-18-11(8)9;10-6-8-3-1-2-7-4-5-11-9(7)8;1-2;1-26-39(27(2)3)45(38(24)25)48(44(36(20)21)37(22)23)49(46(40(28(4)5)29(6)7)41(30(8)9)31(10)11)47(42(32(12)13)33(14)15)43(34(16)17)35(18)19/h2-7H,1H3;1-6H;2H,1H3;/b10-7-;;;. The molecule has 0 saturated heterocycles. The Labute approximate surface area is 529 Å². The molecule has 0 amide bonds. The van der Waals surface area contributed by atoms with Gasteiger partial charge in [0.1, 0.15) is 5.70 Å². The average molecular weight is 983 g/mol. The number of methoxy groups -OCH3 is 1. The SMILES string of the molecule is CO.COC(=O)/C(=C/c1cccc2ccsc12)N=[N+]=[N-].O=Cc1cccc2ccsc12.[B][B]B(B([B])[B])B(B([B])[B])B(B(B([B])[B])B([B])[B])B(B(B(B([B])[B])B([B])[B])B(B([B])[B])B([B])[B])B(B(B([B])[B])B([B])[B])B(B([B])[B])B([B])[B]. The van der Waals surface area contributed by atoms with Crippen molar-refractivity contribution in [3.8, 4) is 0 Å². The van der Waals surface area contributed by atoms with Crippen LogP contribution in [0.2, 0.25) is 0 Å². The summed E-state index contributed by atoms with van der Waals surface area (Å²) in [6.45, 7) is 0. The number of nitrogens with zero attached hydrogens (tertiary/aromatic N) is 3. The van der Waals surface area contributed by atoms with Crippen molar-refractivity contribution in [1.29, 1.82) is 0 Å². The molecule has 0 spiro atoms. The quantitative estimate of drug-likeness (QED) is 0.0122. The molecular formula is C22H19B49N3O4S2. The number of esters is 1. The highest BCUT2D eigenvalue weighted by atomic mass is 32.1. The molecule has 7 nitrogen and oxygen atoms in total. The van der Waals surface area contributed by atoms with Crippen molar-refractivity contribution in [3.63, 3.8) is 0 Å². The molecule has 0 atom stereocenters. The van der Waals surface area contributed by atoms with Crippen LogP contribution in [-0.2, 0) is 9.53 Å². The first-order valence-corrected chi connectivity index (χ1v) is 26.6. The van der Waals surface area contributed by atoms with Crippen LogP contribution in [0.5, 0.6) is 0 Å². The summed E-state index contributed by atoms with van der Waals surface area (Å²) in [6, 6.07) is 15.5. The van der Waals surface area contributed by atoms with Gasteiger partial charge in [-0.2, -0.15) is 0 Å². The lowest BCUT2D eigenvalue weighted by molar-refractivity contribution is -0.136. The summed E-state index contributed by atoms with van der Waals surface area (Å²) < 4.78 is 6.68. The van der Waals surface area contributed by atoms with E-state index in [1.165, 1.54) is 20.2 Å². The first-order valence-electron chi connectivity index (χ1n) is 24.9. The van der Waals surface area contributed by atoms with E-state index in [1.54, 1.807) is 22.7 Å². The topological polar surface area (TPSA) is 112 Å². The molecule has 0 aliphatic rings. The maximum atomic E-state index is 11.4. The minimum atomic E-state index is -1.33. The highest BCUT2D eigenvalue weighted by Crippen LogP contribution is 2.27. The summed E-state index contributed by atoms with van der Waals surface area (Å²) >= 11 is 3.17. The van der Waals surface area contributed by atoms with Crippen molar-refractivity contribution >= 4 is 409 Å². The molecule has 2 aromatic carbocycles. The van der Waals surface area contributed by atoms with Gasteiger partial charge in [0.2, 0.25) is 0 Å². The number of aldehydes is 1. The number of carbonyl (C=O) groups excluding carboxylic acids is 2. The molecule has 0 aliphatic heterocycles. The molecule has 0 bridgehead atoms. The smallest absolute Gasteiger partial charge is 0.340 e. The Morgan fingerprint density at radius 3 is 1.07 bits per heavy atom. The molecule has 1 N–H and O–H groups in total. The Morgan fingerprint density at radius 2 is 0.800 bits per heavy atom. The molecule has 0 saturated carbocycles. The molecule has 0 unspecified atom stereocenters. The minimum absolute atomic E-state index is 0.0547. The third-order valence-corrected chi connectivity index (χ3v) is 15.9. The maximum absolute atomic E-state index is 11.4. The van der Waals surface area contributed by atoms with Crippen LogP contribution in [0.15, 0.2) is 70.1 Å². The van der Waals surface area contributed by atoms with Crippen molar-refractivity contribution in [2.24, 2.45) is 5.11 Å². The van der Waals surface area contributed by atoms with Crippen molar-refractivity contribution < 1.29 is 19.4 Å². The fourth-order valence-corrected chi connectivity index (χ4v) is 12.6. The van der Waals surface area contributed by atoms with Gasteiger partial charge in [0, 0.05) is 374 Å². The van der Waals surface area contributed by atoms with E-state index in [0.29, 0.717) is 0 Å². The van der Waals surface area contributed by atoms with Crippen LogP contribution in [-0.4, -0.2) is 379 Å². The Balaban J connectivity index is 0.000000817. The minimum Gasteiger partial charge on any atom is -0.466 e. The molecule has 2 heterocycles. The Hall–Kier alpha value is -0.308. The Morgan fingerprint density at radius 1 is 0.500 bits per heavy atom. The predicted octanol–water partition coefficient (Wildman–Crippen LogP) is -12.6. The second kappa shape index (κ2) is 38.8. The van der Waals surface area contributed by atoms with Gasteiger partial charge in [0.05, 0.1) is 7.11 Å². The van der Waals surface area contributed by atoms with Gasteiger partial charge in [-0.1, -0.05) is 41.5 Å². The van der Waals surface area contributed by atoms with Crippen molar-refractivity contribution in [2.45, 2.75) is 0 Å². The van der Waals surface area contributed by atoms with Gasteiger partial charge < -0.3 is 9.84 Å². The molecule has 2 aromatic heterocycles. The number of carbonyl (C=O) groups is 2. The van der Waals surface area contributed by atoms with Crippen LogP contribution in [0.1, 0.15) is 15.9 Å². The second-order valence-electron chi connectivity index (χ2n) is 19.2. The molecule has 58 heteroatoms. The average Bonchev–Trinajstić information content (AvgIpc) is 4.06. The maximum Gasteiger partial charge on any atom is 0.340 e. The van der Waals surface area contributed by atoms with Crippen LogP contribution in [0, 0.1) is 0 Å². The Kier molecular flexibility index (Phi) is 37.7. The van der Waals surface area contributed by atoms with Crippen LogP contribution in [0.25, 0.3) is 36.7 Å². The van der Waals surface area contributed by atoms with E-state index in [9.17, 15) is 9.59 Å². The monoisotopic (exact) mass is 993 g/mol. The highest BCUT2D eigenvalue weighted by Gasteiger charge is 2.59. The highest BCUT2D eigenvalue weighted by molar-refractivity contribution is 8.35. The summed E-state index contributed by atoms with van der Waals surface area (Å²) in [7, 11) is 164. The van der Waals surface area contributed by atoms with Crippen molar-refractivity contribution in [1.82, 2.24) is 0 Å². The number of benzene rings is 2. The molecule has 0 fully saturated rings. The van der Waals surface area contributed by atoms with Crippen LogP contribution < -0.4 is 0 Å². The number of aliphatic hydroxyl groups excluding tert-OH is 1. The van der Waals surface area contributed by atoms with Crippen LogP contribution in [0.4, 0.5) is 0 Å². The molecule has 0 aliphatic carbocycles. The number of ether oxygens (including phenoxy) is 1. The summed E-state index contributed by atoms with van der Waals surface area (Å²) in [4.78, 5) is 24.6. The zero-order valence-corrected chi connectivity index (χ0v) is 46.7. The largest absolute Gasteiger partial charge is 0.466 e. The van der Waals surface area contributed by atoms with E-state index in [4.69, 9.17) is 204 Å². The van der Waals surface area contributed by atoms with E-state index in [1.807, 2.05) is 59.3 Å². The summed E-state index contributed by atoms with van der Waals surface area (Å²) in [5.41, 5.74) is 10.0. The van der Waals surface area contributed by atoms with E-state index < -0.39 is 153 Å². The molecule has 305 valence electrons. The zero-order chi connectivity index (χ0) is 61.6. The van der Waals surface area contributed by atoms with Crippen LogP contribution >= 0.6 is 22.7 Å². The van der Waals surface area contributed by atoms with Gasteiger partial charge in [0.15, 0.2) is 6.29 Å². The lowest BCUT2D eigenvalue weighted by Crippen LogP contribution is -2.95. The van der Waals surface area contributed by atoms with E-state index in [0.717, 1.165) is 44.7 Å². The third kappa shape index (κ3) is 21.8. The van der Waals surface area contributed by atoms with E-state index in [2.05, 4.69) is 14.8 Å². The number of hydrogen-bond donors (Lipinski definition) is 1. The second-order valence-corrected chi connectivity index (χ2v) is 21.0. The first-order chi connectivity index (χ1) is 37.5. The lowest BCUT2D eigenvalue weighted by Gasteiger charge is -2.56. The van der Waals surface area contributed by atoms with Gasteiger partial charge in [-0.05, 0) is 50.8 Å². The van der Waals surface area contributed by atoms with Gasteiger partial charge in [-0.25, -0.2) is 4.79 Å². The van der Waals surface area contributed by atoms with Gasteiger partial charge in [-0.3, -0.25) is 4.79 Å². The summed E-state index contributed by atoms with van der Waals surface area (Å²) in [5.74, 6) is -0.652. The molecule has 80 heavy (non-hydrogen) atoms. The van der Waals surface area contributed by atoms with Gasteiger partial charge in [0.25, 0.3) is 0 Å². The number of thiophene rings is 2. The molecule has 51 radical (unpaired) electrons. The summed E-state index contributed by atoms with van der Waals surface area (Å²) in [6.07, 6.45) is -26.3. The van der Waals surface area contributed by atoms with E-state index in [-0.39, 0.29) is 5.70 Å². The van der Waals surface area contributed by atoms with Gasteiger partial charge >= 0.3 is 5.97 Å². The number of hydrogen-bond acceptors (Lipinski definition) is 7. The normalized spacial score (nSPS) is 9.86. The number of rotatable bonds is 27. The van der Waals surface area contributed by atoms with Crippen molar-refractivity contribution in [3.05, 3.63) is 86.6 Å². The van der Waals surface area contributed by atoms with Gasteiger partial charge in [-0.15, -0.1) is 22.7 Å². The predicted molar refractivity (Wildman–Crippen MR) is 408 cm³/mol. The van der Waals surface area contributed by atoms with E-state index >= 15 is 0 Å². The third-order valence-electron chi connectivity index (χ3n) is 14.0.